The third-order valence-electron chi connectivity index (χ3n) is 6.59. The predicted molar refractivity (Wildman–Crippen MR) is 152 cm³/mol. The van der Waals surface area contributed by atoms with Crippen LogP contribution in [0.2, 0.25) is 0 Å². The van der Waals surface area contributed by atoms with Crippen molar-refractivity contribution in [2.24, 2.45) is 0 Å². The molecule has 194 valence electrons. The number of benzene rings is 2. The fourth-order valence-corrected chi connectivity index (χ4v) is 4.74. The number of nitrogens with zero attached hydrogens (tertiary/aromatic N) is 4. The summed E-state index contributed by atoms with van der Waals surface area (Å²) in [5.74, 6) is 6.03. The Labute approximate surface area is 228 Å². The molecule has 0 spiro atoms. The molecule has 4 heterocycles. The summed E-state index contributed by atoms with van der Waals surface area (Å²) in [5, 5.41) is 7.14. The minimum atomic E-state index is -0.562. The number of nitrogens with two attached hydrogens (primary N) is 1. The normalized spacial score (nSPS) is 11.6. The van der Waals surface area contributed by atoms with E-state index in [2.05, 4.69) is 32.2 Å². The largest absolute Gasteiger partial charge is 0.382 e. The number of nitrogens with one attached hydrogen (secondary N) is 2. The molecule has 4 aromatic heterocycles. The van der Waals surface area contributed by atoms with Gasteiger partial charge < -0.3 is 11.1 Å². The zero-order valence-corrected chi connectivity index (χ0v) is 21.5. The molecule has 0 aliphatic carbocycles. The second-order valence-electron chi connectivity index (χ2n) is 9.22. The minimum absolute atomic E-state index is 0.194. The number of amides is 1. The second kappa shape index (κ2) is 10.2. The van der Waals surface area contributed by atoms with Crippen LogP contribution < -0.4 is 21.1 Å². The van der Waals surface area contributed by atoms with Crippen LogP contribution in [0.5, 0.6) is 0 Å². The molecule has 6 rings (SSSR count). The van der Waals surface area contributed by atoms with Gasteiger partial charge in [-0.25, -0.2) is 5.10 Å². The van der Waals surface area contributed by atoms with Crippen LogP contribution in [0.25, 0.3) is 22.1 Å². The highest BCUT2D eigenvalue weighted by molar-refractivity contribution is 6.03. The summed E-state index contributed by atoms with van der Waals surface area (Å²) >= 11 is 0. The zero-order valence-electron chi connectivity index (χ0n) is 21.5. The van der Waals surface area contributed by atoms with E-state index < -0.39 is 11.9 Å². The number of aromatic amines is 1. The van der Waals surface area contributed by atoms with Gasteiger partial charge in [-0.05, 0) is 53.7 Å². The molecule has 0 aliphatic heterocycles. The molecule has 1 unspecified atom stereocenters. The van der Waals surface area contributed by atoms with E-state index in [4.69, 9.17) is 5.73 Å². The van der Waals surface area contributed by atoms with Crippen LogP contribution in [0, 0.1) is 11.8 Å². The highest BCUT2D eigenvalue weighted by Gasteiger charge is 2.27. The van der Waals surface area contributed by atoms with Gasteiger partial charge in [-0.1, -0.05) is 42.2 Å². The van der Waals surface area contributed by atoms with Gasteiger partial charge in [0.05, 0.1) is 11.4 Å². The van der Waals surface area contributed by atoms with Gasteiger partial charge in [0.2, 0.25) is 0 Å². The monoisotopic (exact) mass is 526 g/mol. The van der Waals surface area contributed by atoms with Gasteiger partial charge in [-0.15, -0.1) is 4.52 Å². The van der Waals surface area contributed by atoms with Crippen molar-refractivity contribution in [3.8, 4) is 17.5 Å². The maximum Gasteiger partial charge on any atom is 0.362 e. The molecule has 0 aliphatic rings. The Morgan fingerprint density at radius 3 is 2.70 bits per heavy atom. The topological polar surface area (TPSA) is 123 Å². The number of rotatable bonds is 4. The number of hydrogen-bond donors (Lipinski definition) is 3. The maximum atomic E-state index is 14.2. The molecule has 0 saturated heterocycles. The molecular weight excluding hydrogens is 502 g/mol. The third kappa shape index (κ3) is 4.44. The van der Waals surface area contributed by atoms with E-state index in [0.29, 0.717) is 28.0 Å². The van der Waals surface area contributed by atoms with Crippen molar-refractivity contribution in [2.75, 3.05) is 5.73 Å². The van der Waals surface area contributed by atoms with Gasteiger partial charge in [0, 0.05) is 41.0 Å². The Bertz CT molecular complexity index is 2000. The van der Waals surface area contributed by atoms with Crippen LogP contribution in [0.15, 0.2) is 102 Å². The van der Waals surface area contributed by atoms with Crippen molar-refractivity contribution in [2.45, 2.75) is 13.0 Å². The number of carbonyl (C=O) groups excluding carboxylic acids is 1. The quantitative estimate of drug-likeness (QED) is 0.240. The Balaban J connectivity index is 1.48. The van der Waals surface area contributed by atoms with E-state index in [0.717, 1.165) is 10.9 Å². The fourth-order valence-electron chi connectivity index (χ4n) is 4.74. The Morgan fingerprint density at radius 1 is 1.05 bits per heavy atom. The first-order chi connectivity index (χ1) is 19.5. The maximum absolute atomic E-state index is 14.2. The SMILES string of the molecule is CC(NC(=O)c1c(N)[nH][n+]2cccnc12)c1cc2cccc(C#Cc3cccnc3)c2c(=O)n1-c1ccccc1. The molecule has 6 aromatic rings. The Kier molecular flexibility index (Phi) is 6.26. The van der Waals surface area contributed by atoms with Crippen LogP contribution in [0.3, 0.4) is 0 Å². The van der Waals surface area contributed by atoms with Crippen LogP contribution in [-0.4, -0.2) is 25.5 Å². The summed E-state index contributed by atoms with van der Waals surface area (Å²) in [6.45, 7) is 1.83. The van der Waals surface area contributed by atoms with E-state index >= 15 is 0 Å². The Hall–Kier alpha value is -5.75. The van der Waals surface area contributed by atoms with Crippen LogP contribution in [0.1, 0.15) is 40.1 Å². The summed E-state index contributed by atoms with van der Waals surface area (Å²) in [7, 11) is 0. The molecule has 9 nitrogen and oxygen atoms in total. The van der Waals surface area contributed by atoms with Gasteiger partial charge in [0.15, 0.2) is 11.4 Å². The summed E-state index contributed by atoms with van der Waals surface area (Å²) in [4.78, 5) is 36.0. The van der Waals surface area contributed by atoms with E-state index in [1.54, 1.807) is 39.9 Å². The van der Waals surface area contributed by atoms with E-state index in [9.17, 15) is 9.59 Å². The first-order valence-corrected chi connectivity index (χ1v) is 12.6. The number of H-pyrrole nitrogens is 1. The van der Waals surface area contributed by atoms with E-state index in [1.165, 1.54) is 0 Å². The average molecular weight is 527 g/mol. The lowest BCUT2D eigenvalue weighted by molar-refractivity contribution is -0.577. The molecule has 9 heteroatoms. The zero-order chi connectivity index (χ0) is 27.6. The minimum Gasteiger partial charge on any atom is -0.382 e. The molecular formula is C31H24N7O2+. The Morgan fingerprint density at radius 2 is 1.90 bits per heavy atom. The number of fused-ring (bicyclic) bond motifs is 2. The first-order valence-electron chi connectivity index (χ1n) is 12.6. The fraction of sp³-hybridized carbons (Fsp3) is 0.0645. The van der Waals surface area contributed by atoms with Gasteiger partial charge in [0.25, 0.3) is 11.5 Å². The number of pyridine rings is 2. The number of hydrogen-bond acceptors (Lipinski definition) is 5. The number of para-hydroxylation sites is 1. The van der Waals surface area contributed by atoms with Crippen molar-refractivity contribution in [3.05, 3.63) is 130 Å². The molecule has 1 amide bonds. The van der Waals surface area contributed by atoms with Gasteiger partial charge >= 0.3 is 5.65 Å². The molecule has 0 saturated carbocycles. The smallest absolute Gasteiger partial charge is 0.362 e. The number of carbonyl (C=O) groups is 1. The van der Waals surface area contributed by atoms with Crippen LogP contribution in [0.4, 0.5) is 5.82 Å². The first kappa shape index (κ1) is 24.6. The average Bonchev–Trinajstić information content (AvgIpc) is 3.32. The summed E-state index contributed by atoms with van der Waals surface area (Å²) < 4.78 is 3.20. The lowest BCUT2D eigenvalue weighted by Crippen LogP contribution is -2.33. The molecule has 0 radical (unpaired) electrons. The van der Waals surface area contributed by atoms with Gasteiger partial charge in [-0.2, -0.15) is 0 Å². The van der Waals surface area contributed by atoms with Crippen molar-refractivity contribution in [1.82, 2.24) is 25.0 Å². The molecule has 1 atom stereocenters. The highest BCUT2D eigenvalue weighted by atomic mass is 16.2. The number of nitrogen functional groups attached to an aromatic ring is 1. The van der Waals surface area contributed by atoms with E-state index in [-0.39, 0.29) is 16.9 Å². The number of anilines is 1. The van der Waals surface area contributed by atoms with Crippen molar-refractivity contribution in [1.29, 1.82) is 0 Å². The van der Waals surface area contributed by atoms with Crippen molar-refractivity contribution >= 4 is 28.1 Å². The van der Waals surface area contributed by atoms with Crippen LogP contribution >= 0.6 is 0 Å². The van der Waals surface area contributed by atoms with Crippen molar-refractivity contribution < 1.29 is 9.31 Å². The van der Waals surface area contributed by atoms with E-state index in [1.807, 2.05) is 73.7 Å². The molecule has 2 aromatic carbocycles. The summed E-state index contributed by atoms with van der Waals surface area (Å²) in [5.41, 5.74) is 9.16. The van der Waals surface area contributed by atoms with Crippen molar-refractivity contribution in [3.63, 3.8) is 0 Å². The summed E-state index contributed by atoms with van der Waals surface area (Å²) in [6.07, 6.45) is 6.68. The summed E-state index contributed by atoms with van der Waals surface area (Å²) in [6, 6.07) is 21.7. The van der Waals surface area contributed by atoms with Gasteiger partial charge in [0.1, 0.15) is 12.4 Å². The molecule has 0 fully saturated rings. The lowest BCUT2D eigenvalue weighted by atomic mass is 10.0. The molecule has 40 heavy (non-hydrogen) atoms. The predicted octanol–water partition coefficient (Wildman–Crippen LogP) is 3.32. The van der Waals surface area contributed by atoms with Crippen LogP contribution in [-0.2, 0) is 0 Å². The third-order valence-corrected chi connectivity index (χ3v) is 6.59. The second-order valence-corrected chi connectivity index (χ2v) is 9.22. The lowest BCUT2D eigenvalue weighted by Gasteiger charge is -2.21. The van der Waals surface area contributed by atoms with Gasteiger partial charge in [-0.3, -0.25) is 19.1 Å². The molecule has 0 bridgehead atoms. The standard InChI is InChI=1S/C31H23N7O2/c1-20(35-30(39)27-28(32)36-37-17-7-16-34-29(27)37)25-18-23-10-5-9-22(14-13-21-8-6-15-33-19-21)26(23)31(40)38(25)24-11-3-2-4-12-24/h2-12,15-20H,1H3,(H3,32,35,36,39)/p+1. The number of aromatic nitrogens is 5. The highest BCUT2D eigenvalue weighted by Crippen LogP contribution is 2.24. The molecule has 4 N–H and O–H groups in total.